The van der Waals surface area contributed by atoms with E-state index in [1.165, 1.54) is 16.8 Å². The molecule has 3 aromatic rings. The van der Waals surface area contributed by atoms with Crippen LogP contribution in [-0.4, -0.2) is 61.9 Å². The molecule has 7 heteroatoms. The zero-order chi connectivity index (χ0) is 21.8. The first-order valence-corrected chi connectivity index (χ1v) is 11.7. The van der Waals surface area contributed by atoms with Gasteiger partial charge in [0.05, 0.1) is 12.4 Å². The van der Waals surface area contributed by atoms with Crippen molar-refractivity contribution in [1.82, 2.24) is 29.1 Å². The van der Waals surface area contributed by atoms with Crippen molar-refractivity contribution in [3.8, 4) is 17.1 Å². The Hall–Kier alpha value is -2.35. The lowest BCUT2D eigenvalue weighted by molar-refractivity contribution is 0.106. The lowest BCUT2D eigenvalue weighted by Crippen LogP contribution is -2.46. The first-order valence-electron chi connectivity index (χ1n) is 11.3. The van der Waals surface area contributed by atoms with Crippen LogP contribution in [0.2, 0.25) is 0 Å². The smallest absolute Gasteiger partial charge is 0.204 e. The van der Waals surface area contributed by atoms with Gasteiger partial charge in [-0.25, -0.2) is 4.68 Å². The van der Waals surface area contributed by atoms with E-state index < -0.39 is 0 Å². The van der Waals surface area contributed by atoms with Gasteiger partial charge < -0.3 is 4.90 Å². The number of piperazine rings is 1. The molecule has 0 radical (unpaired) electrons. The number of para-hydroxylation sites is 1. The first-order chi connectivity index (χ1) is 15.2. The summed E-state index contributed by atoms with van der Waals surface area (Å²) in [5, 5.41) is 5.02. The predicted octanol–water partition coefficient (Wildman–Crippen LogP) is 4.19. The highest BCUT2D eigenvalue weighted by Crippen LogP contribution is 2.28. The van der Waals surface area contributed by atoms with Crippen LogP contribution >= 0.6 is 12.2 Å². The fourth-order valence-electron chi connectivity index (χ4n) is 4.32. The Balaban J connectivity index is 1.81. The Morgan fingerprint density at radius 2 is 1.58 bits per heavy atom. The van der Waals surface area contributed by atoms with Crippen molar-refractivity contribution in [2.45, 2.75) is 40.3 Å². The third-order valence-corrected chi connectivity index (χ3v) is 6.59. The fourth-order valence-corrected chi connectivity index (χ4v) is 4.60. The molecule has 0 spiro atoms. The molecule has 0 atom stereocenters. The van der Waals surface area contributed by atoms with Crippen molar-refractivity contribution in [2.75, 3.05) is 32.7 Å². The van der Waals surface area contributed by atoms with E-state index in [4.69, 9.17) is 17.3 Å². The molecule has 1 aliphatic rings. The molecule has 164 valence electrons. The number of hydrogen-bond donors (Lipinski definition) is 0. The molecule has 0 aliphatic carbocycles. The molecule has 1 aromatic carbocycles. The van der Waals surface area contributed by atoms with Crippen LogP contribution in [0.15, 0.2) is 42.7 Å². The average molecular weight is 437 g/mol. The number of benzene rings is 1. The predicted molar refractivity (Wildman–Crippen MR) is 128 cm³/mol. The standard InChI is InChI=1S/C24H32N6S/c1-4-19-9-7-10-20(5-2)22(19)30-23(21-11-8-12-25-17-21)26-29(24(30)31)18-28-15-13-27(6-3)14-16-28/h7-12,17H,4-6,13-16,18H2,1-3H3. The Morgan fingerprint density at radius 1 is 0.903 bits per heavy atom. The number of pyridine rings is 1. The maximum absolute atomic E-state index is 6.03. The van der Waals surface area contributed by atoms with Crippen LogP contribution in [0.3, 0.4) is 0 Å². The Morgan fingerprint density at radius 3 is 2.16 bits per heavy atom. The van der Waals surface area contributed by atoms with Crippen LogP contribution in [0.1, 0.15) is 31.9 Å². The van der Waals surface area contributed by atoms with Crippen molar-refractivity contribution >= 4 is 12.2 Å². The molecule has 3 heterocycles. The summed E-state index contributed by atoms with van der Waals surface area (Å²) in [5.74, 6) is 0.862. The summed E-state index contributed by atoms with van der Waals surface area (Å²) in [6.45, 7) is 12.7. The van der Waals surface area contributed by atoms with Crippen LogP contribution in [0.4, 0.5) is 0 Å². The van der Waals surface area contributed by atoms with Crippen molar-refractivity contribution in [1.29, 1.82) is 0 Å². The quantitative estimate of drug-likeness (QED) is 0.520. The minimum absolute atomic E-state index is 0.715. The molecule has 0 bridgehead atoms. The molecule has 0 N–H and O–H groups in total. The van der Waals surface area contributed by atoms with Gasteiger partial charge in [0.2, 0.25) is 4.77 Å². The average Bonchev–Trinajstić information content (AvgIpc) is 3.14. The summed E-state index contributed by atoms with van der Waals surface area (Å²) >= 11 is 6.03. The number of hydrogen-bond acceptors (Lipinski definition) is 5. The highest BCUT2D eigenvalue weighted by molar-refractivity contribution is 7.71. The van der Waals surface area contributed by atoms with E-state index in [-0.39, 0.29) is 0 Å². The van der Waals surface area contributed by atoms with Crippen molar-refractivity contribution in [2.24, 2.45) is 0 Å². The normalized spacial score (nSPS) is 15.5. The van der Waals surface area contributed by atoms with Crippen LogP contribution in [0.5, 0.6) is 0 Å². The van der Waals surface area contributed by atoms with Gasteiger partial charge in [0.25, 0.3) is 0 Å². The number of rotatable bonds is 7. The van der Waals surface area contributed by atoms with E-state index >= 15 is 0 Å². The van der Waals surface area contributed by atoms with E-state index in [0.29, 0.717) is 6.67 Å². The number of nitrogens with zero attached hydrogens (tertiary/aromatic N) is 6. The van der Waals surface area contributed by atoms with Gasteiger partial charge in [0.1, 0.15) is 0 Å². The highest BCUT2D eigenvalue weighted by atomic mass is 32.1. The molecule has 0 unspecified atom stereocenters. The summed E-state index contributed by atoms with van der Waals surface area (Å²) in [6, 6.07) is 10.6. The maximum atomic E-state index is 6.03. The summed E-state index contributed by atoms with van der Waals surface area (Å²) in [4.78, 5) is 9.27. The van der Waals surface area contributed by atoms with Crippen LogP contribution in [0.25, 0.3) is 17.1 Å². The summed E-state index contributed by atoms with van der Waals surface area (Å²) in [5.41, 5.74) is 4.74. The molecular weight excluding hydrogens is 404 g/mol. The summed E-state index contributed by atoms with van der Waals surface area (Å²) in [6.07, 6.45) is 5.56. The lowest BCUT2D eigenvalue weighted by Gasteiger charge is -2.33. The Kier molecular flexibility index (Phi) is 6.95. The zero-order valence-electron chi connectivity index (χ0n) is 18.8. The second-order valence-corrected chi connectivity index (χ2v) is 8.37. The van der Waals surface area contributed by atoms with Crippen molar-refractivity contribution < 1.29 is 0 Å². The molecule has 2 aromatic heterocycles. The van der Waals surface area contributed by atoms with Gasteiger partial charge in [-0.15, -0.1) is 5.10 Å². The lowest BCUT2D eigenvalue weighted by atomic mass is 10.0. The first kappa shape index (κ1) is 21.9. The molecule has 6 nitrogen and oxygen atoms in total. The molecule has 4 rings (SSSR count). The largest absolute Gasteiger partial charge is 0.301 e. The van der Waals surface area contributed by atoms with Crippen LogP contribution in [0, 0.1) is 4.77 Å². The molecule has 0 amide bonds. The van der Waals surface area contributed by atoms with Crippen molar-refractivity contribution in [3.63, 3.8) is 0 Å². The molecule has 0 saturated carbocycles. The molecule has 1 fully saturated rings. The minimum Gasteiger partial charge on any atom is -0.301 e. The maximum Gasteiger partial charge on any atom is 0.204 e. The zero-order valence-corrected chi connectivity index (χ0v) is 19.6. The number of aromatic nitrogens is 4. The summed E-state index contributed by atoms with van der Waals surface area (Å²) in [7, 11) is 0. The Labute approximate surface area is 190 Å². The van der Waals surface area contributed by atoms with Gasteiger partial charge in [-0.1, -0.05) is 39.0 Å². The van der Waals surface area contributed by atoms with E-state index in [1.54, 1.807) is 6.20 Å². The summed E-state index contributed by atoms with van der Waals surface area (Å²) < 4.78 is 4.91. The van der Waals surface area contributed by atoms with E-state index in [9.17, 15) is 0 Å². The highest BCUT2D eigenvalue weighted by Gasteiger charge is 2.21. The third-order valence-electron chi connectivity index (χ3n) is 6.19. The topological polar surface area (TPSA) is 42.1 Å². The molecule has 31 heavy (non-hydrogen) atoms. The van der Waals surface area contributed by atoms with Gasteiger partial charge in [0, 0.05) is 44.1 Å². The van der Waals surface area contributed by atoms with E-state index in [1.807, 2.05) is 16.9 Å². The monoisotopic (exact) mass is 436 g/mol. The molecular formula is C24H32N6S. The van der Waals surface area contributed by atoms with E-state index in [0.717, 1.165) is 61.7 Å². The van der Waals surface area contributed by atoms with E-state index in [2.05, 4.69) is 64.4 Å². The van der Waals surface area contributed by atoms with Gasteiger partial charge in [-0.05, 0) is 54.9 Å². The molecule has 1 aliphatic heterocycles. The van der Waals surface area contributed by atoms with Gasteiger partial charge in [-0.3, -0.25) is 14.5 Å². The number of aryl methyl sites for hydroxylation is 2. The van der Waals surface area contributed by atoms with Crippen LogP contribution < -0.4 is 0 Å². The second-order valence-electron chi connectivity index (χ2n) is 8.01. The number of likely N-dealkylation sites (N-methyl/N-ethyl adjacent to an activating group) is 1. The van der Waals surface area contributed by atoms with Gasteiger partial charge in [-0.2, -0.15) is 0 Å². The van der Waals surface area contributed by atoms with Crippen LogP contribution in [-0.2, 0) is 19.5 Å². The minimum atomic E-state index is 0.715. The van der Waals surface area contributed by atoms with Gasteiger partial charge in [0.15, 0.2) is 5.82 Å². The van der Waals surface area contributed by atoms with Gasteiger partial charge >= 0.3 is 0 Å². The second kappa shape index (κ2) is 9.85. The molecule has 1 saturated heterocycles. The SMILES string of the molecule is CCc1cccc(CC)c1-n1c(-c2cccnc2)nn(CN2CCN(CC)CC2)c1=S. The Bertz CT molecular complexity index is 1040. The third kappa shape index (κ3) is 4.49. The fraction of sp³-hybridized carbons (Fsp3) is 0.458. The van der Waals surface area contributed by atoms with Crippen molar-refractivity contribution in [3.05, 3.63) is 58.6 Å².